The first-order chi connectivity index (χ1) is 8.53. The van der Waals surface area contributed by atoms with Gasteiger partial charge in [-0.1, -0.05) is 20.8 Å². The van der Waals surface area contributed by atoms with Crippen LogP contribution >= 0.6 is 0 Å². The summed E-state index contributed by atoms with van der Waals surface area (Å²) in [6.07, 6.45) is 7.03. The molecular weight excluding hydrogens is 220 g/mol. The molecule has 1 saturated carbocycles. The van der Waals surface area contributed by atoms with Gasteiger partial charge in [0.2, 0.25) is 0 Å². The van der Waals surface area contributed by atoms with Crippen LogP contribution in [0.1, 0.15) is 52.9 Å². The predicted octanol–water partition coefficient (Wildman–Crippen LogP) is 3.13. The first-order valence-electron chi connectivity index (χ1n) is 7.92. The van der Waals surface area contributed by atoms with Gasteiger partial charge in [-0.15, -0.1) is 0 Å². The zero-order valence-electron chi connectivity index (χ0n) is 12.8. The molecule has 2 nitrogen and oxygen atoms in total. The van der Waals surface area contributed by atoms with Gasteiger partial charge in [-0.05, 0) is 69.5 Å². The van der Waals surface area contributed by atoms with E-state index in [1.165, 1.54) is 51.7 Å². The zero-order valence-corrected chi connectivity index (χ0v) is 12.8. The van der Waals surface area contributed by atoms with Crippen LogP contribution in [0.25, 0.3) is 0 Å². The molecule has 1 aliphatic carbocycles. The van der Waals surface area contributed by atoms with Crippen LogP contribution in [-0.4, -0.2) is 37.6 Å². The molecule has 0 bridgehead atoms. The average molecular weight is 252 g/mol. The van der Waals surface area contributed by atoms with Gasteiger partial charge in [-0.25, -0.2) is 0 Å². The fourth-order valence-corrected chi connectivity index (χ4v) is 4.18. The maximum atomic E-state index is 3.59. The van der Waals surface area contributed by atoms with Crippen molar-refractivity contribution in [3.63, 3.8) is 0 Å². The molecular formula is C16H32N2. The van der Waals surface area contributed by atoms with E-state index in [0.717, 1.165) is 11.8 Å². The molecule has 0 radical (unpaired) electrons. The van der Waals surface area contributed by atoms with Gasteiger partial charge < -0.3 is 10.2 Å². The van der Waals surface area contributed by atoms with Gasteiger partial charge in [0.25, 0.3) is 0 Å². The van der Waals surface area contributed by atoms with Crippen LogP contribution in [0.15, 0.2) is 0 Å². The first-order valence-corrected chi connectivity index (χ1v) is 7.92. The lowest BCUT2D eigenvalue weighted by molar-refractivity contribution is 0.191. The van der Waals surface area contributed by atoms with E-state index >= 15 is 0 Å². The summed E-state index contributed by atoms with van der Waals surface area (Å²) < 4.78 is 0. The maximum absolute atomic E-state index is 3.59. The van der Waals surface area contributed by atoms with E-state index in [2.05, 4.69) is 38.0 Å². The number of rotatable bonds is 3. The zero-order chi connectivity index (χ0) is 13.2. The van der Waals surface area contributed by atoms with E-state index < -0.39 is 0 Å². The molecule has 2 aliphatic rings. The summed E-state index contributed by atoms with van der Waals surface area (Å²) in [6.45, 7) is 11.3. The van der Waals surface area contributed by atoms with E-state index in [-0.39, 0.29) is 0 Å². The Morgan fingerprint density at radius 1 is 1.17 bits per heavy atom. The summed E-state index contributed by atoms with van der Waals surface area (Å²) in [5, 5.41) is 3.59. The van der Waals surface area contributed by atoms with Crippen LogP contribution in [0.5, 0.6) is 0 Å². The second-order valence-corrected chi connectivity index (χ2v) is 7.39. The molecule has 0 spiro atoms. The largest absolute Gasteiger partial charge is 0.316 e. The molecule has 2 heteroatoms. The van der Waals surface area contributed by atoms with Gasteiger partial charge in [0.05, 0.1) is 0 Å². The Kier molecular flexibility index (Phi) is 4.71. The molecule has 0 aromatic rings. The molecule has 0 aromatic heterocycles. The molecule has 1 N–H and O–H groups in total. The van der Waals surface area contributed by atoms with E-state index in [4.69, 9.17) is 0 Å². The summed E-state index contributed by atoms with van der Waals surface area (Å²) >= 11 is 0. The quantitative estimate of drug-likeness (QED) is 0.830. The first kappa shape index (κ1) is 14.3. The number of likely N-dealkylation sites (tertiary alicyclic amines) is 1. The minimum Gasteiger partial charge on any atom is -0.316 e. The van der Waals surface area contributed by atoms with Gasteiger partial charge in [-0.3, -0.25) is 0 Å². The van der Waals surface area contributed by atoms with Crippen molar-refractivity contribution in [2.24, 2.45) is 17.3 Å². The van der Waals surface area contributed by atoms with Crippen molar-refractivity contribution in [3.8, 4) is 0 Å². The van der Waals surface area contributed by atoms with Gasteiger partial charge in [0.15, 0.2) is 0 Å². The van der Waals surface area contributed by atoms with Crippen molar-refractivity contribution in [2.75, 3.05) is 26.7 Å². The highest BCUT2D eigenvalue weighted by Crippen LogP contribution is 2.41. The van der Waals surface area contributed by atoms with Crippen LogP contribution in [0.2, 0.25) is 0 Å². The van der Waals surface area contributed by atoms with E-state index in [1.807, 2.05) is 0 Å². The molecule has 2 rings (SSSR count). The average Bonchev–Trinajstić information content (AvgIpc) is 2.47. The normalized spacial score (nSPS) is 37.7. The molecule has 3 unspecified atom stereocenters. The minimum absolute atomic E-state index is 0.485. The van der Waals surface area contributed by atoms with E-state index in [1.54, 1.807) is 0 Å². The molecule has 1 saturated heterocycles. The highest BCUT2D eigenvalue weighted by molar-refractivity contribution is 4.96. The molecule has 106 valence electrons. The van der Waals surface area contributed by atoms with Gasteiger partial charge in [-0.2, -0.15) is 0 Å². The molecule has 2 fully saturated rings. The van der Waals surface area contributed by atoms with Crippen molar-refractivity contribution >= 4 is 0 Å². The van der Waals surface area contributed by atoms with Gasteiger partial charge in [0.1, 0.15) is 0 Å². The number of nitrogens with one attached hydrogen (secondary N) is 1. The van der Waals surface area contributed by atoms with Crippen molar-refractivity contribution in [1.29, 1.82) is 0 Å². The second-order valence-electron chi connectivity index (χ2n) is 7.39. The lowest BCUT2D eigenvalue weighted by Crippen LogP contribution is -2.44. The lowest BCUT2D eigenvalue weighted by Gasteiger charge is -2.33. The third-order valence-corrected chi connectivity index (χ3v) is 5.39. The molecule has 3 atom stereocenters. The maximum Gasteiger partial charge on any atom is 0.0156 e. The van der Waals surface area contributed by atoms with E-state index in [0.29, 0.717) is 11.5 Å². The number of nitrogens with zero attached hydrogens (tertiary/aromatic N) is 1. The smallest absolute Gasteiger partial charge is 0.0156 e. The Morgan fingerprint density at radius 2 is 1.94 bits per heavy atom. The standard InChI is InChI=1S/C16H32N2/c1-13-6-5-10-18(11-8-13)12-14-7-9-16(2,3)15(14)17-4/h13-15,17H,5-12H2,1-4H3. The Bertz CT molecular complexity index is 262. The molecule has 1 aliphatic heterocycles. The van der Waals surface area contributed by atoms with Crippen LogP contribution in [-0.2, 0) is 0 Å². The number of hydrogen-bond acceptors (Lipinski definition) is 2. The van der Waals surface area contributed by atoms with Gasteiger partial charge >= 0.3 is 0 Å². The van der Waals surface area contributed by atoms with E-state index in [9.17, 15) is 0 Å². The van der Waals surface area contributed by atoms with Crippen LogP contribution in [0, 0.1) is 17.3 Å². The van der Waals surface area contributed by atoms with Gasteiger partial charge in [0, 0.05) is 12.6 Å². The fourth-order valence-electron chi connectivity index (χ4n) is 4.18. The topological polar surface area (TPSA) is 15.3 Å². The minimum atomic E-state index is 0.485. The summed E-state index contributed by atoms with van der Waals surface area (Å²) in [5.74, 6) is 1.80. The monoisotopic (exact) mass is 252 g/mol. The van der Waals surface area contributed by atoms with Crippen LogP contribution in [0.3, 0.4) is 0 Å². The van der Waals surface area contributed by atoms with Crippen molar-refractivity contribution in [1.82, 2.24) is 10.2 Å². The summed E-state index contributed by atoms with van der Waals surface area (Å²) in [6, 6.07) is 0.707. The third-order valence-electron chi connectivity index (χ3n) is 5.39. The molecule has 0 aromatic carbocycles. The van der Waals surface area contributed by atoms with Crippen LogP contribution in [0.4, 0.5) is 0 Å². The third kappa shape index (κ3) is 3.27. The summed E-state index contributed by atoms with van der Waals surface area (Å²) in [7, 11) is 2.15. The van der Waals surface area contributed by atoms with Crippen LogP contribution < -0.4 is 5.32 Å². The lowest BCUT2D eigenvalue weighted by atomic mass is 9.85. The molecule has 18 heavy (non-hydrogen) atoms. The molecule has 1 heterocycles. The van der Waals surface area contributed by atoms with Crippen molar-refractivity contribution in [3.05, 3.63) is 0 Å². The van der Waals surface area contributed by atoms with Crippen molar-refractivity contribution in [2.45, 2.75) is 58.9 Å². The second kappa shape index (κ2) is 5.92. The Hall–Kier alpha value is -0.0800. The highest BCUT2D eigenvalue weighted by atomic mass is 15.1. The SMILES string of the molecule is CNC1C(CN2CCCC(C)CC2)CCC1(C)C. The Morgan fingerprint density at radius 3 is 2.67 bits per heavy atom. The van der Waals surface area contributed by atoms with Crippen molar-refractivity contribution < 1.29 is 0 Å². The fraction of sp³-hybridized carbons (Fsp3) is 1.00. The Balaban J connectivity index is 1.89. The summed E-state index contributed by atoms with van der Waals surface area (Å²) in [5.41, 5.74) is 0.485. The Labute approximate surface area is 114 Å². The number of hydrogen-bond donors (Lipinski definition) is 1. The summed E-state index contributed by atoms with van der Waals surface area (Å²) in [4.78, 5) is 2.74. The predicted molar refractivity (Wildman–Crippen MR) is 78.8 cm³/mol. The molecule has 0 amide bonds. The highest BCUT2D eigenvalue weighted by Gasteiger charge is 2.41.